The number of hydrogen-bond acceptors (Lipinski definition) is 13. The van der Waals surface area contributed by atoms with E-state index in [9.17, 15) is 34.5 Å². The molecule has 1 unspecified atom stereocenters. The maximum atomic E-state index is 13.3. The van der Waals surface area contributed by atoms with E-state index in [1.807, 2.05) is 59.4 Å². The zero-order valence-electron chi connectivity index (χ0n) is 44.4. The molecule has 3 aliphatic rings. The van der Waals surface area contributed by atoms with Crippen molar-refractivity contribution in [2.75, 3.05) is 71.3 Å². The fraction of sp³-hybridized carbons (Fsp3) is 0.393. The third kappa shape index (κ3) is 14.1. The van der Waals surface area contributed by atoms with Crippen molar-refractivity contribution in [1.82, 2.24) is 29.7 Å². The average molecular weight is 1070 g/mol. The van der Waals surface area contributed by atoms with Crippen LogP contribution in [0.5, 0.6) is 0 Å². The van der Waals surface area contributed by atoms with E-state index in [1.54, 1.807) is 18.2 Å². The van der Waals surface area contributed by atoms with Gasteiger partial charge in [0.25, 0.3) is 11.8 Å². The van der Waals surface area contributed by atoms with Gasteiger partial charge in [-0.05, 0) is 85.9 Å². The second kappa shape index (κ2) is 27.7. The number of aliphatic hydroxyl groups excluding tert-OH is 1. The van der Waals surface area contributed by atoms with Crippen molar-refractivity contribution in [3.05, 3.63) is 137 Å². The number of piperidine rings is 1. The van der Waals surface area contributed by atoms with Crippen LogP contribution in [0.25, 0.3) is 33.4 Å². The van der Waals surface area contributed by atoms with Gasteiger partial charge in [0, 0.05) is 61.8 Å². The molecule has 5 N–H and O–H groups in total. The highest BCUT2D eigenvalue weighted by molar-refractivity contribution is 6.25. The zero-order chi connectivity index (χ0) is 54.9. The van der Waals surface area contributed by atoms with Gasteiger partial charge in [-0.15, -0.1) is 0 Å². The summed E-state index contributed by atoms with van der Waals surface area (Å²) in [5.41, 5.74) is 8.10. The molecule has 5 amide bonds. The van der Waals surface area contributed by atoms with Crippen molar-refractivity contribution in [2.24, 2.45) is 0 Å². The summed E-state index contributed by atoms with van der Waals surface area (Å²) >= 11 is 0. The normalized spacial score (nSPS) is 17.1. The van der Waals surface area contributed by atoms with Gasteiger partial charge >= 0.3 is 0 Å². The highest BCUT2D eigenvalue weighted by Crippen LogP contribution is 2.40. The van der Waals surface area contributed by atoms with Crippen LogP contribution in [-0.4, -0.2) is 132 Å². The van der Waals surface area contributed by atoms with Crippen LogP contribution in [0.15, 0.2) is 109 Å². The van der Waals surface area contributed by atoms with Crippen molar-refractivity contribution >= 4 is 46.3 Å². The first-order valence-electron chi connectivity index (χ1n) is 27.4. The number of ether oxygens (including phenoxy) is 4. The third-order valence-corrected chi connectivity index (χ3v) is 14.4. The number of carbonyl (C=O) groups excluding carboxylic acids is 5. The molecule has 412 valence electrons. The van der Waals surface area contributed by atoms with Crippen molar-refractivity contribution in [3.8, 4) is 34.2 Å². The van der Waals surface area contributed by atoms with Crippen LogP contribution in [0, 0.1) is 17.3 Å². The Morgan fingerprint density at radius 2 is 1.42 bits per heavy atom. The van der Waals surface area contributed by atoms with Crippen LogP contribution in [0.1, 0.15) is 102 Å². The lowest BCUT2D eigenvalue weighted by Crippen LogP contribution is -2.54. The summed E-state index contributed by atoms with van der Waals surface area (Å²) in [6, 6.07) is 32.9. The number of anilines is 1. The molecular weight excluding hydrogens is 1000 g/mol. The van der Waals surface area contributed by atoms with Crippen LogP contribution in [0.2, 0.25) is 0 Å². The molecule has 9 rings (SSSR count). The van der Waals surface area contributed by atoms with Gasteiger partial charge in [-0.1, -0.05) is 90.7 Å². The SMILES string of the molecule is N=c1c2c(-c3ccccc3)c(-c3ccccc3)n(Cc3cccc(C#CCCCCNC(=O)CCOCCOCCOCCOCCNc4cccc5c4C(=O)N(C4CCC(=O)NC4=O)C5=O)c3)c2ncn1C1CCC(O)CC1. The molecule has 79 heavy (non-hydrogen) atoms. The number of aromatic nitrogens is 3. The number of carbonyl (C=O) groups is 5. The Morgan fingerprint density at radius 3 is 2.14 bits per heavy atom. The number of unbranched alkanes of at least 4 members (excludes halogenated alkanes) is 2. The second-order valence-corrected chi connectivity index (χ2v) is 19.8. The summed E-state index contributed by atoms with van der Waals surface area (Å²) in [5, 5.41) is 29.0. The van der Waals surface area contributed by atoms with Crippen LogP contribution < -0.4 is 21.4 Å². The first-order chi connectivity index (χ1) is 38.7. The maximum absolute atomic E-state index is 13.3. The van der Waals surface area contributed by atoms with Crippen LogP contribution in [0.3, 0.4) is 0 Å². The first kappa shape index (κ1) is 55.9. The first-order valence-corrected chi connectivity index (χ1v) is 27.4. The standard InChI is InChI=1S/C61H68N8O10/c62-57-55-53(44-16-6-3-7-17-44)56(45-18-8-4-9-19-45)67(58(55)65-41-68(57)46-22-24-47(70)25-23-46)40-43-15-11-14-42(39-43)13-5-1-2-10-29-64-51(71)28-31-76-33-35-78-37-38-79-36-34-77-32-30-63-49-21-12-20-48-54(49)61(75)69(60(48)74)50-26-27-52(72)66-59(50)73/h3-4,6-9,11-12,14-21,39,41,46-47,50,62-63,70H,1-2,10,22-38,40H2,(H,64,71)(H,66,72,73). The van der Waals surface area contributed by atoms with Gasteiger partial charge in [0.15, 0.2) is 0 Å². The molecule has 0 radical (unpaired) electrons. The monoisotopic (exact) mass is 1070 g/mol. The number of hydrogen-bond donors (Lipinski definition) is 5. The molecule has 18 heteroatoms. The highest BCUT2D eigenvalue weighted by atomic mass is 16.6. The fourth-order valence-corrected chi connectivity index (χ4v) is 10.4. The molecule has 18 nitrogen and oxygen atoms in total. The van der Waals surface area contributed by atoms with E-state index in [2.05, 4.69) is 68.8 Å². The molecular formula is C61H68N8O10. The largest absolute Gasteiger partial charge is 0.393 e. The molecule has 4 aromatic carbocycles. The van der Waals surface area contributed by atoms with E-state index >= 15 is 0 Å². The van der Waals surface area contributed by atoms with E-state index in [0.717, 1.165) is 75.1 Å². The van der Waals surface area contributed by atoms with Crippen molar-refractivity contribution in [1.29, 1.82) is 5.41 Å². The second-order valence-electron chi connectivity index (χ2n) is 19.8. The fourth-order valence-electron chi connectivity index (χ4n) is 10.4. The summed E-state index contributed by atoms with van der Waals surface area (Å²) in [6.07, 6.45) is 7.33. The van der Waals surface area contributed by atoms with E-state index in [0.29, 0.717) is 103 Å². The quantitative estimate of drug-likeness (QED) is 0.0215. The van der Waals surface area contributed by atoms with Crippen molar-refractivity contribution in [2.45, 2.75) is 88.9 Å². The molecule has 6 aromatic rings. The Labute approximate surface area is 459 Å². The van der Waals surface area contributed by atoms with Gasteiger partial charge in [0.1, 0.15) is 17.2 Å². The Hall–Kier alpha value is -7.79. The molecule has 1 aliphatic carbocycles. The van der Waals surface area contributed by atoms with Crippen molar-refractivity contribution < 1.29 is 48.0 Å². The van der Waals surface area contributed by atoms with Crippen LogP contribution >= 0.6 is 0 Å². The average Bonchev–Trinajstić information content (AvgIpc) is 4.11. The number of nitrogens with zero attached hydrogens (tertiary/aromatic N) is 4. The van der Waals surface area contributed by atoms with Gasteiger partial charge in [-0.25, -0.2) is 4.98 Å². The van der Waals surface area contributed by atoms with Crippen molar-refractivity contribution in [3.63, 3.8) is 0 Å². The number of fused-ring (bicyclic) bond motifs is 2. The minimum atomic E-state index is -1.03. The molecule has 2 aromatic heterocycles. The molecule has 0 bridgehead atoms. The molecule has 4 heterocycles. The topological polar surface area (TPSA) is 228 Å². The van der Waals surface area contributed by atoms with E-state index in [1.165, 1.54) is 0 Å². The van der Waals surface area contributed by atoms with Gasteiger partial charge in [-0.3, -0.25) is 39.6 Å². The molecule has 1 saturated carbocycles. The number of nitrogens with one attached hydrogen (secondary N) is 4. The predicted molar refractivity (Wildman–Crippen MR) is 297 cm³/mol. The minimum absolute atomic E-state index is 0.0545. The predicted octanol–water partition coefficient (Wildman–Crippen LogP) is 6.78. The van der Waals surface area contributed by atoms with E-state index < -0.39 is 29.7 Å². The Morgan fingerprint density at radius 1 is 0.734 bits per heavy atom. The lowest BCUT2D eigenvalue weighted by molar-refractivity contribution is -0.136. The smallest absolute Gasteiger partial charge is 0.264 e. The number of rotatable bonds is 26. The number of amides is 5. The molecule has 2 aliphatic heterocycles. The van der Waals surface area contributed by atoms with Gasteiger partial charge in [0.2, 0.25) is 17.7 Å². The number of imide groups is 2. The maximum Gasteiger partial charge on any atom is 0.264 e. The summed E-state index contributed by atoms with van der Waals surface area (Å²) in [7, 11) is 0. The summed E-state index contributed by atoms with van der Waals surface area (Å²) in [4.78, 5) is 68.7. The molecule has 0 spiro atoms. The Bertz CT molecular complexity index is 3230. The highest BCUT2D eigenvalue weighted by Gasteiger charge is 2.45. The lowest BCUT2D eigenvalue weighted by atomic mass is 9.93. The third-order valence-electron chi connectivity index (χ3n) is 14.4. The van der Waals surface area contributed by atoms with Gasteiger partial charge in [-0.2, -0.15) is 0 Å². The van der Waals surface area contributed by atoms with Crippen LogP contribution in [-0.2, 0) is 39.9 Å². The molecule has 1 saturated heterocycles. The Kier molecular flexibility index (Phi) is 19.6. The summed E-state index contributed by atoms with van der Waals surface area (Å²) in [6.45, 7) is 4.25. The lowest BCUT2D eigenvalue weighted by Gasteiger charge is -2.27. The minimum Gasteiger partial charge on any atom is -0.393 e. The molecule has 1 atom stereocenters. The van der Waals surface area contributed by atoms with Crippen LogP contribution in [0.4, 0.5) is 5.69 Å². The zero-order valence-corrected chi connectivity index (χ0v) is 44.4. The van der Waals surface area contributed by atoms with Gasteiger partial charge < -0.3 is 43.8 Å². The van der Waals surface area contributed by atoms with E-state index in [-0.39, 0.29) is 48.4 Å². The van der Waals surface area contributed by atoms with E-state index in [4.69, 9.17) is 23.9 Å². The molecule has 2 fully saturated rings. The van der Waals surface area contributed by atoms with Gasteiger partial charge in [0.05, 0.1) is 87.5 Å². The number of benzene rings is 4. The number of aliphatic hydroxyl groups is 1. The summed E-state index contributed by atoms with van der Waals surface area (Å²) in [5.74, 6) is 4.40. The Balaban J connectivity index is 0.635. The summed E-state index contributed by atoms with van der Waals surface area (Å²) < 4.78 is 26.6.